The van der Waals surface area contributed by atoms with Gasteiger partial charge in [0.25, 0.3) is 0 Å². The fourth-order valence-electron chi connectivity index (χ4n) is 2.64. The normalized spacial score (nSPS) is 9.70. The van der Waals surface area contributed by atoms with E-state index in [-0.39, 0.29) is 29.1 Å². The zero-order chi connectivity index (χ0) is 20.0. The molecule has 4 nitrogen and oxygen atoms in total. The molecular formula is C22H40CuO4. The molecule has 0 saturated carbocycles. The van der Waals surface area contributed by atoms with Gasteiger partial charge in [-0.25, -0.2) is 0 Å². The molecule has 0 amide bonds. The molecule has 0 atom stereocenters. The second kappa shape index (κ2) is 25.2. The number of hydrogen-bond acceptors (Lipinski definition) is 4. The van der Waals surface area contributed by atoms with Crippen molar-refractivity contribution < 1.29 is 36.9 Å². The monoisotopic (exact) mass is 431 g/mol. The Labute approximate surface area is 177 Å². The minimum absolute atomic E-state index is 0. The molecular weight excluding hydrogens is 392 g/mol. The number of carbonyl (C=O) groups excluding carboxylic acids is 2. The van der Waals surface area contributed by atoms with Crippen molar-refractivity contribution in [3.8, 4) is 0 Å². The Hall–Kier alpha value is -0.801. The van der Waals surface area contributed by atoms with Gasteiger partial charge in [-0.2, -0.15) is 0 Å². The van der Waals surface area contributed by atoms with Gasteiger partial charge in [0.05, 0.1) is 5.97 Å². The van der Waals surface area contributed by atoms with E-state index in [9.17, 15) is 19.8 Å². The van der Waals surface area contributed by atoms with Gasteiger partial charge in [-0.3, -0.25) is 0 Å². The van der Waals surface area contributed by atoms with Gasteiger partial charge in [0, 0.05) is 5.97 Å². The molecule has 0 bridgehead atoms. The zero-order valence-corrected chi connectivity index (χ0v) is 18.4. The largest absolute Gasteiger partial charge is 2.00 e. The summed E-state index contributed by atoms with van der Waals surface area (Å²) in [5, 5.41) is 19.7. The zero-order valence-electron chi connectivity index (χ0n) is 17.5. The summed E-state index contributed by atoms with van der Waals surface area (Å²) in [6, 6.07) is 0. The predicted octanol–water partition coefficient (Wildman–Crippen LogP) is 4.31. The summed E-state index contributed by atoms with van der Waals surface area (Å²) < 4.78 is 0. The first-order valence-electron chi connectivity index (χ1n) is 10.5. The molecule has 163 valence electrons. The Morgan fingerprint density at radius 1 is 0.667 bits per heavy atom. The third-order valence-corrected chi connectivity index (χ3v) is 4.33. The van der Waals surface area contributed by atoms with Crippen molar-refractivity contribution in [2.24, 2.45) is 0 Å². The molecule has 5 heteroatoms. The van der Waals surface area contributed by atoms with E-state index in [0.717, 1.165) is 12.8 Å². The standard InChI is InChI=1S/C18H36O2.C4H6O2.Cu/c1-2-3-4-5-6-7-8-9-10-11-12-13-14-15-16-17-18(19)20;1-3(2)4(5)6;/h2-17H2,1H3,(H,19,20);1H2,2H3,(H,5,6);/q;;+2/p-2. The number of carbonyl (C=O) groups is 2. The first kappa shape index (κ1) is 30.9. The van der Waals surface area contributed by atoms with Crippen LogP contribution in [0.4, 0.5) is 0 Å². The van der Waals surface area contributed by atoms with Gasteiger partial charge in [-0.05, 0) is 25.3 Å². The second-order valence-electron chi connectivity index (χ2n) is 7.14. The van der Waals surface area contributed by atoms with Crippen LogP contribution in [-0.2, 0) is 26.7 Å². The summed E-state index contributed by atoms with van der Waals surface area (Å²) in [6.45, 7) is 6.74. The Bertz CT molecular complexity index is 344. The molecule has 27 heavy (non-hydrogen) atoms. The van der Waals surface area contributed by atoms with Crippen LogP contribution < -0.4 is 10.2 Å². The van der Waals surface area contributed by atoms with E-state index in [1.54, 1.807) is 0 Å². The van der Waals surface area contributed by atoms with Gasteiger partial charge in [0.1, 0.15) is 0 Å². The first-order valence-corrected chi connectivity index (χ1v) is 10.5. The quantitative estimate of drug-likeness (QED) is 0.195. The van der Waals surface area contributed by atoms with Gasteiger partial charge in [0.15, 0.2) is 0 Å². The van der Waals surface area contributed by atoms with Crippen molar-refractivity contribution in [1.29, 1.82) is 0 Å². The topological polar surface area (TPSA) is 80.3 Å². The molecule has 0 rings (SSSR count). The molecule has 0 aliphatic heterocycles. The number of unbranched alkanes of at least 4 members (excludes halogenated alkanes) is 14. The van der Waals surface area contributed by atoms with E-state index in [0.29, 0.717) is 0 Å². The molecule has 0 aromatic carbocycles. The van der Waals surface area contributed by atoms with Crippen LogP contribution in [0, 0.1) is 0 Å². The van der Waals surface area contributed by atoms with Crippen LogP contribution in [-0.4, -0.2) is 11.9 Å². The Kier molecular flexibility index (Phi) is 28.9. The Balaban J connectivity index is -0.000000709. The average molecular weight is 432 g/mol. The first-order chi connectivity index (χ1) is 12.4. The maximum Gasteiger partial charge on any atom is 2.00 e. The van der Waals surface area contributed by atoms with Gasteiger partial charge in [-0.15, -0.1) is 0 Å². The summed E-state index contributed by atoms with van der Waals surface area (Å²) in [6.07, 6.45) is 19.9. The Morgan fingerprint density at radius 3 is 1.15 bits per heavy atom. The van der Waals surface area contributed by atoms with Crippen LogP contribution in [0.15, 0.2) is 12.2 Å². The number of carboxylic acids is 2. The summed E-state index contributed by atoms with van der Waals surface area (Å²) in [5.74, 6) is -2.09. The molecule has 0 aromatic rings. The molecule has 1 radical (unpaired) electrons. The predicted molar refractivity (Wildman–Crippen MR) is 104 cm³/mol. The molecule has 0 aromatic heterocycles. The molecule has 0 saturated heterocycles. The van der Waals surface area contributed by atoms with Gasteiger partial charge in [0.2, 0.25) is 0 Å². The molecule has 0 spiro atoms. The van der Waals surface area contributed by atoms with Crippen LogP contribution in [0.2, 0.25) is 0 Å². The fourth-order valence-corrected chi connectivity index (χ4v) is 2.64. The van der Waals surface area contributed by atoms with Crippen LogP contribution in [0.5, 0.6) is 0 Å². The molecule has 0 aliphatic rings. The molecule has 0 heterocycles. The van der Waals surface area contributed by atoms with E-state index < -0.39 is 11.9 Å². The van der Waals surface area contributed by atoms with Crippen LogP contribution >= 0.6 is 0 Å². The van der Waals surface area contributed by atoms with Crippen molar-refractivity contribution in [3.63, 3.8) is 0 Å². The molecule has 0 N–H and O–H groups in total. The smallest absolute Gasteiger partial charge is 0.550 e. The van der Waals surface area contributed by atoms with E-state index in [1.165, 1.54) is 90.4 Å². The summed E-state index contributed by atoms with van der Waals surface area (Å²) in [5.41, 5.74) is 0.0648. The number of rotatable bonds is 17. The maximum atomic E-state index is 10.2. The molecule has 0 aliphatic carbocycles. The number of carboxylic acid groups (broad SMARTS) is 2. The molecule has 0 unspecified atom stereocenters. The van der Waals surface area contributed by atoms with Crippen molar-refractivity contribution in [1.82, 2.24) is 0 Å². The molecule has 0 fully saturated rings. The van der Waals surface area contributed by atoms with Crippen molar-refractivity contribution >= 4 is 11.9 Å². The third kappa shape index (κ3) is 33.2. The summed E-state index contributed by atoms with van der Waals surface area (Å²) >= 11 is 0. The van der Waals surface area contributed by atoms with E-state index in [1.807, 2.05) is 0 Å². The maximum absolute atomic E-state index is 10.2. The van der Waals surface area contributed by atoms with Crippen molar-refractivity contribution in [2.45, 2.75) is 117 Å². The minimum atomic E-state index is -1.19. The minimum Gasteiger partial charge on any atom is -0.550 e. The van der Waals surface area contributed by atoms with Gasteiger partial charge >= 0.3 is 17.1 Å². The van der Waals surface area contributed by atoms with E-state index in [4.69, 9.17) is 0 Å². The van der Waals surface area contributed by atoms with Gasteiger partial charge in [-0.1, -0.05) is 103 Å². The SMILES string of the molecule is C=C(C)C(=O)[O-].CCCCCCCCCCCCCCCCCC(=O)[O-].[Cu+2]. The number of aliphatic carboxylic acids is 2. The van der Waals surface area contributed by atoms with Crippen LogP contribution in [0.25, 0.3) is 0 Å². The fraction of sp³-hybridized carbons (Fsp3) is 0.818. The van der Waals surface area contributed by atoms with Crippen molar-refractivity contribution in [2.75, 3.05) is 0 Å². The van der Waals surface area contributed by atoms with Gasteiger partial charge < -0.3 is 19.8 Å². The number of hydrogen-bond donors (Lipinski definition) is 0. The average Bonchev–Trinajstić information content (AvgIpc) is 2.58. The Morgan fingerprint density at radius 2 is 0.926 bits per heavy atom. The second-order valence-corrected chi connectivity index (χ2v) is 7.14. The van der Waals surface area contributed by atoms with Crippen molar-refractivity contribution in [3.05, 3.63) is 12.2 Å². The van der Waals surface area contributed by atoms with Crippen LogP contribution in [0.1, 0.15) is 117 Å². The summed E-state index contributed by atoms with van der Waals surface area (Å²) in [7, 11) is 0. The van der Waals surface area contributed by atoms with Crippen LogP contribution in [0.3, 0.4) is 0 Å². The summed E-state index contributed by atoms with van der Waals surface area (Å²) in [4.78, 5) is 19.7. The van der Waals surface area contributed by atoms with E-state index >= 15 is 0 Å². The third-order valence-electron chi connectivity index (χ3n) is 4.33. The van der Waals surface area contributed by atoms with E-state index in [2.05, 4.69) is 13.5 Å².